The summed E-state index contributed by atoms with van der Waals surface area (Å²) in [5.41, 5.74) is 1.28. The second kappa shape index (κ2) is 4.28. The molecule has 72 valence electrons. The molecule has 0 aliphatic rings. The van der Waals surface area contributed by atoms with Crippen LogP contribution >= 0.6 is 0 Å². The first-order chi connectivity index (χ1) is 6.63. The van der Waals surface area contributed by atoms with Crippen molar-refractivity contribution in [1.82, 2.24) is 4.90 Å². The molecule has 1 aromatic rings. The summed E-state index contributed by atoms with van der Waals surface area (Å²) < 4.78 is 0.689. The molecular weight excluding hydrogens is 178 g/mol. The van der Waals surface area contributed by atoms with Crippen molar-refractivity contribution in [3.05, 3.63) is 41.5 Å². The van der Waals surface area contributed by atoms with Crippen LogP contribution in [-0.2, 0) is 0 Å². The summed E-state index contributed by atoms with van der Waals surface area (Å²) in [6.07, 6.45) is 4.46. The molecule has 0 saturated heterocycles. The summed E-state index contributed by atoms with van der Waals surface area (Å²) in [5.74, 6) is 0. The summed E-state index contributed by atoms with van der Waals surface area (Å²) >= 11 is 0. The fraction of sp³-hybridized carbons (Fsp3) is 0.200. The molecule has 0 bridgehead atoms. The Morgan fingerprint density at radius 2 is 2.07 bits per heavy atom. The smallest absolute Gasteiger partial charge is 0.180 e. The number of aromatic nitrogens is 1. The van der Waals surface area contributed by atoms with Crippen molar-refractivity contribution in [3.8, 4) is 6.07 Å². The summed E-state index contributed by atoms with van der Waals surface area (Å²) in [6, 6.07) is 5.31. The van der Waals surface area contributed by atoms with Gasteiger partial charge in [0.25, 0.3) is 0 Å². The molecular formula is C10H11N3O. The van der Waals surface area contributed by atoms with Crippen LogP contribution in [0.2, 0.25) is 0 Å². The Morgan fingerprint density at radius 3 is 2.50 bits per heavy atom. The van der Waals surface area contributed by atoms with Gasteiger partial charge in [0.05, 0.1) is 5.57 Å². The van der Waals surface area contributed by atoms with Gasteiger partial charge in [-0.15, -0.1) is 0 Å². The molecule has 1 heterocycles. The number of rotatable bonds is 2. The highest BCUT2D eigenvalue weighted by molar-refractivity contribution is 5.75. The average Bonchev–Trinajstić information content (AvgIpc) is 2.15. The zero-order valence-corrected chi connectivity index (χ0v) is 8.14. The van der Waals surface area contributed by atoms with Crippen LogP contribution in [0.15, 0.2) is 30.7 Å². The van der Waals surface area contributed by atoms with E-state index in [0.717, 1.165) is 5.56 Å². The molecule has 0 N–H and O–H groups in total. The third-order valence-corrected chi connectivity index (χ3v) is 1.62. The minimum atomic E-state index is 0.538. The number of pyridine rings is 1. The van der Waals surface area contributed by atoms with Gasteiger partial charge in [0.15, 0.2) is 12.4 Å². The van der Waals surface area contributed by atoms with Gasteiger partial charge in [-0.25, -0.2) is 0 Å². The summed E-state index contributed by atoms with van der Waals surface area (Å²) in [7, 11) is 3.68. The van der Waals surface area contributed by atoms with Crippen molar-refractivity contribution in [1.29, 1.82) is 5.26 Å². The van der Waals surface area contributed by atoms with Crippen LogP contribution in [0.5, 0.6) is 0 Å². The SMILES string of the molecule is CN(C)/C=C(/C#N)c1cc[n+]([O-])cc1. The van der Waals surface area contributed by atoms with E-state index in [0.29, 0.717) is 10.3 Å². The van der Waals surface area contributed by atoms with Gasteiger partial charge in [0.2, 0.25) is 0 Å². The van der Waals surface area contributed by atoms with Gasteiger partial charge in [-0.1, -0.05) is 0 Å². The maximum Gasteiger partial charge on any atom is 0.180 e. The lowest BCUT2D eigenvalue weighted by molar-refractivity contribution is -0.605. The first-order valence-electron chi connectivity index (χ1n) is 4.11. The molecule has 0 amide bonds. The Kier molecular flexibility index (Phi) is 3.08. The highest BCUT2D eigenvalue weighted by Gasteiger charge is 2.01. The van der Waals surface area contributed by atoms with Crippen LogP contribution in [0, 0.1) is 16.5 Å². The second-order valence-corrected chi connectivity index (χ2v) is 3.06. The Hall–Kier alpha value is -2.02. The van der Waals surface area contributed by atoms with Crippen LogP contribution in [0.4, 0.5) is 0 Å². The van der Waals surface area contributed by atoms with Crippen LogP contribution in [0.1, 0.15) is 5.56 Å². The number of allylic oxidation sites excluding steroid dienone is 1. The molecule has 0 saturated carbocycles. The van der Waals surface area contributed by atoms with E-state index in [2.05, 4.69) is 6.07 Å². The molecule has 1 rings (SSSR count). The molecule has 0 fully saturated rings. The number of hydrogen-bond donors (Lipinski definition) is 0. The predicted molar refractivity (Wildman–Crippen MR) is 52.7 cm³/mol. The minimum Gasteiger partial charge on any atom is -0.619 e. The third-order valence-electron chi connectivity index (χ3n) is 1.62. The monoisotopic (exact) mass is 189 g/mol. The third kappa shape index (κ3) is 2.49. The lowest BCUT2D eigenvalue weighted by atomic mass is 10.1. The van der Waals surface area contributed by atoms with E-state index in [-0.39, 0.29) is 0 Å². The minimum absolute atomic E-state index is 0.538. The average molecular weight is 189 g/mol. The fourth-order valence-electron chi connectivity index (χ4n) is 1.02. The first-order valence-corrected chi connectivity index (χ1v) is 4.11. The maximum atomic E-state index is 10.8. The van der Waals surface area contributed by atoms with E-state index >= 15 is 0 Å². The Balaban J connectivity index is 3.03. The molecule has 0 radical (unpaired) electrons. The van der Waals surface area contributed by atoms with Crippen LogP contribution < -0.4 is 4.73 Å². The van der Waals surface area contributed by atoms with Crippen molar-refractivity contribution in [2.24, 2.45) is 0 Å². The Labute approximate surface area is 82.9 Å². The second-order valence-electron chi connectivity index (χ2n) is 3.06. The van der Waals surface area contributed by atoms with E-state index < -0.39 is 0 Å². The lowest BCUT2D eigenvalue weighted by Gasteiger charge is -2.06. The number of hydrogen-bond acceptors (Lipinski definition) is 3. The summed E-state index contributed by atoms with van der Waals surface area (Å²) in [5, 5.41) is 19.6. The largest absolute Gasteiger partial charge is 0.619 e. The van der Waals surface area contributed by atoms with Crippen molar-refractivity contribution >= 4 is 5.57 Å². The standard InChI is InChI=1S/C10H11N3O/c1-12(2)8-10(7-11)9-3-5-13(14)6-4-9/h3-6,8H,1-2H3/b10-8-. The topological polar surface area (TPSA) is 54.0 Å². The van der Waals surface area contributed by atoms with Gasteiger partial charge in [0.1, 0.15) is 6.07 Å². The molecule has 4 nitrogen and oxygen atoms in total. The van der Waals surface area contributed by atoms with Crippen molar-refractivity contribution in [2.75, 3.05) is 14.1 Å². The number of nitrogens with zero attached hydrogens (tertiary/aromatic N) is 3. The highest BCUT2D eigenvalue weighted by atomic mass is 16.5. The van der Waals surface area contributed by atoms with Crippen molar-refractivity contribution in [3.63, 3.8) is 0 Å². The van der Waals surface area contributed by atoms with E-state index in [1.807, 2.05) is 14.1 Å². The molecule has 0 spiro atoms. The van der Waals surface area contributed by atoms with Gasteiger partial charge in [-0.2, -0.15) is 9.99 Å². The lowest BCUT2D eigenvalue weighted by Crippen LogP contribution is -2.23. The van der Waals surface area contributed by atoms with Crippen LogP contribution in [0.3, 0.4) is 0 Å². The van der Waals surface area contributed by atoms with Gasteiger partial charge in [0, 0.05) is 38.0 Å². The van der Waals surface area contributed by atoms with Crippen molar-refractivity contribution in [2.45, 2.75) is 0 Å². The highest BCUT2D eigenvalue weighted by Crippen LogP contribution is 2.11. The van der Waals surface area contributed by atoms with Crippen LogP contribution in [-0.4, -0.2) is 19.0 Å². The van der Waals surface area contributed by atoms with E-state index in [1.165, 1.54) is 12.4 Å². The molecule has 4 heteroatoms. The quantitative estimate of drug-likeness (QED) is 0.392. The van der Waals surface area contributed by atoms with Gasteiger partial charge in [-0.05, 0) is 0 Å². The molecule has 1 aromatic heterocycles. The zero-order valence-electron chi connectivity index (χ0n) is 8.14. The molecule has 0 aliphatic heterocycles. The zero-order chi connectivity index (χ0) is 10.6. The first kappa shape index (κ1) is 10.1. The molecule has 0 unspecified atom stereocenters. The fourth-order valence-corrected chi connectivity index (χ4v) is 1.02. The Morgan fingerprint density at radius 1 is 1.50 bits per heavy atom. The van der Waals surface area contributed by atoms with Gasteiger partial charge < -0.3 is 10.1 Å². The van der Waals surface area contributed by atoms with Crippen molar-refractivity contribution < 1.29 is 4.73 Å². The molecule has 0 atom stereocenters. The summed E-state index contributed by atoms with van der Waals surface area (Å²) in [6.45, 7) is 0. The van der Waals surface area contributed by atoms with E-state index in [4.69, 9.17) is 5.26 Å². The Bertz CT molecular complexity index is 373. The molecule has 0 aromatic carbocycles. The van der Waals surface area contributed by atoms with Gasteiger partial charge in [-0.3, -0.25) is 0 Å². The number of nitriles is 1. The molecule has 14 heavy (non-hydrogen) atoms. The normalized spacial score (nSPS) is 10.8. The van der Waals surface area contributed by atoms with E-state index in [9.17, 15) is 5.21 Å². The molecule has 0 aliphatic carbocycles. The van der Waals surface area contributed by atoms with Gasteiger partial charge >= 0.3 is 0 Å². The predicted octanol–water partition coefficient (Wildman–Crippen LogP) is 0.746. The van der Waals surface area contributed by atoms with E-state index in [1.54, 1.807) is 23.2 Å². The van der Waals surface area contributed by atoms with Crippen LogP contribution in [0.25, 0.3) is 5.57 Å². The maximum absolute atomic E-state index is 10.8. The summed E-state index contributed by atoms with van der Waals surface area (Å²) in [4.78, 5) is 1.79.